The van der Waals surface area contributed by atoms with Gasteiger partial charge in [0.1, 0.15) is 6.10 Å². The van der Waals surface area contributed by atoms with Gasteiger partial charge in [0, 0.05) is 53.5 Å². The minimum atomic E-state index is 0.0694. The molecule has 180 valence electrons. The summed E-state index contributed by atoms with van der Waals surface area (Å²) in [5.41, 5.74) is 4.74. The van der Waals surface area contributed by atoms with Crippen molar-refractivity contribution < 1.29 is 4.74 Å². The summed E-state index contributed by atoms with van der Waals surface area (Å²) in [6, 6.07) is 22.8. The van der Waals surface area contributed by atoms with E-state index in [0.717, 1.165) is 40.9 Å². The first-order valence-corrected chi connectivity index (χ1v) is 12.8. The molecular weight excluding hydrogens is 502 g/mol. The topological polar surface area (TPSA) is 64.0 Å². The third kappa shape index (κ3) is 5.92. The second-order valence-electron chi connectivity index (χ2n) is 9.17. The first-order valence-electron chi connectivity index (χ1n) is 12.0. The number of pyridine rings is 1. The number of benzene rings is 2. The number of anilines is 1. The Morgan fingerprint density at radius 3 is 2.40 bits per heavy atom. The van der Waals surface area contributed by atoms with Gasteiger partial charge in [-0.2, -0.15) is 5.10 Å². The summed E-state index contributed by atoms with van der Waals surface area (Å²) in [6.07, 6.45) is 8.23. The second-order valence-corrected chi connectivity index (χ2v) is 10.1. The summed E-state index contributed by atoms with van der Waals surface area (Å²) in [5.74, 6) is 0.671. The minimum absolute atomic E-state index is 0.0694. The number of halogens is 1. The maximum Gasteiger partial charge on any atom is 0.237 e. The van der Waals surface area contributed by atoms with Crippen LogP contribution in [0.5, 0.6) is 5.88 Å². The molecule has 1 unspecified atom stereocenters. The molecule has 2 aromatic carbocycles. The number of hydrogen-bond donors (Lipinski definition) is 2. The van der Waals surface area contributed by atoms with E-state index >= 15 is 0 Å². The monoisotopic (exact) mass is 531 g/mol. The molecule has 3 heterocycles. The van der Waals surface area contributed by atoms with Gasteiger partial charge in [0.2, 0.25) is 5.88 Å². The average Bonchev–Trinajstić information content (AvgIpc) is 3.56. The van der Waals surface area contributed by atoms with Crippen molar-refractivity contribution in [3.63, 3.8) is 0 Å². The van der Waals surface area contributed by atoms with Gasteiger partial charge in [0.15, 0.2) is 0 Å². The van der Waals surface area contributed by atoms with Gasteiger partial charge in [-0.25, -0.2) is 4.98 Å². The van der Waals surface area contributed by atoms with Crippen molar-refractivity contribution >= 4 is 21.6 Å². The van der Waals surface area contributed by atoms with Gasteiger partial charge >= 0.3 is 0 Å². The fourth-order valence-electron chi connectivity index (χ4n) is 4.32. The van der Waals surface area contributed by atoms with E-state index in [1.54, 1.807) is 4.68 Å². The van der Waals surface area contributed by atoms with Crippen molar-refractivity contribution in [1.29, 1.82) is 0 Å². The van der Waals surface area contributed by atoms with Gasteiger partial charge in [0.05, 0.1) is 18.4 Å². The SMILES string of the molecule is Cn1cc(-c2cnc3c(c2)NCC(CNCC2(c4ccc(Br)cc4)CC2)O3)cn1.c1ccccc1. The number of fused-ring (bicyclic) bond motifs is 1. The highest BCUT2D eigenvalue weighted by molar-refractivity contribution is 9.10. The molecule has 2 aromatic heterocycles. The van der Waals surface area contributed by atoms with Crippen LogP contribution in [-0.4, -0.2) is 40.5 Å². The van der Waals surface area contributed by atoms with E-state index in [0.29, 0.717) is 5.88 Å². The lowest BCUT2D eigenvalue weighted by Crippen LogP contribution is -2.41. The zero-order valence-corrected chi connectivity index (χ0v) is 21.4. The smallest absolute Gasteiger partial charge is 0.237 e. The van der Waals surface area contributed by atoms with Gasteiger partial charge in [-0.3, -0.25) is 4.68 Å². The summed E-state index contributed by atoms with van der Waals surface area (Å²) in [5, 5.41) is 11.3. The third-order valence-electron chi connectivity index (χ3n) is 6.50. The molecule has 0 bridgehead atoms. The van der Waals surface area contributed by atoms with Crippen molar-refractivity contribution in [3.8, 4) is 17.0 Å². The zero-order valence-electron chi connectivity index (χ0n) is 19.8. The van der Waals surface area contributed by atoms with E-state index in [1.807, 2.05) is 62.0 Å². The largest absolute Gasteiger partial charge is 0.470 e. The highest BCUT2D eigenvalue weighted by atomic mass is 79.9. The Morgan fingerprint density at radius 1 is 1.06 bits per heavy atom. The number of nitrogens with one attached hydrogen (secondary N) is 2. The molecule has 1 saturated carbocycles. The molecule has 6 rings (SSSR count). The van der Waals surface area contributed by atoms with Crippen molar-refractivity contribution in [1.82, 2.24) is 20.1 Å². The van der Waals surface area contributed by atoms with E-state index in [4.69, 9.17) is 4.74 Å². The second kappa shape index (κ2) is 10.6. The van der Waals surface area contributed by atoms with Crippen LogP contribution in [0.4, 0.5) is 5.69 Å². The molecule has 1 atom stereocenters. The standard InChI is InChI=1S/C22H24BrN5O.C6H6/c1-28-13-16(10-27-28)15-8-20-21(26-9-15)29-19(12-25-20)11-24-14-22(6-7-22)17-2-4-18(23)5-3-17;1-2-4-6-5-3-1/h2-5,8-10,13,19,24-25H,6-7,11-12,14H2,1H3;1-6H. The Balaban J connectivity index is 0.000000371. The molecule has 2 aliphatic rings. The van der Waals surface area contributed by atoms with Crippen LogP contribution in [-0.2, 0) is 12.5 Å². The number of hydrogen-bond acceptors (Lipinski definition) is 5. The fourth-order valence-corrected chi connectivity index (χ4v) is 4.58. The van der Waals surface area contributed by atoms with Gasteiger partial charge in [-0.15, -0.1) is 0 Å². The predicted octanol–water partition coefficient (Wildman–Crippen LogP) is 5.43. The zero-order chi connectivity index (χ0) is 24.1. The number of ether oxygens (including phenoxy) is 1. The van der Waals surface area contributed by atoms with Crippen molar-refractivity contribution in [2.45, 2.75) is 24.4 Å². The predicted molar refractivity (Wildman–Crippen MR) is 144 cm³/mol. The molecule has 6 nitrogen and oxygen atoms in total. The Morgan fingerprint density at radius 2 is 1.77 bits per heavy atom. The lowest BCUT2D eigenvalue weighted by molar-refractivity contribution is 0.192. The van der Waals surface area contributed by atoms with Crippen LogP contribution in [0, 0.1) is 0 Å². The molecule has 0 spiro atoms. The van der Waals surface area contributed by atoms with Gasteiger partial charge in [-0.1, -0.05) is 64.5 Å². The summed E-state index contributed by atoms with van der Waals surface area (Å²) in [4.78, 5) is 4.53. The van der Waals surface area contributed by atoms with E-state index < -0.39 is 0 Å². The molecule has 35 heavy (non-hydrogen) atoms. The molecule has 1 fully saturated rings. The maximum absolute atomic E-state index is 6.12. The van der Waals surface area contributed by atoms with Crippen LogP contribution < -0.4 is 15.4 Å². The Labute approximate surface area is 214 Å². The summed E-state index contributed by atoms with van der Waals surface area (Å²) < 4.78 is 9.04. The first kappa shape index (κ1) is 23.6. The highest BCUT2D eigenvalue weighted by Crippen LogP contribution is 2.47. The van der Waals surface area contributed by atoms with E-state index in [-0.39, 0.29) is 11.5 Å². The quantitative estimate of drug-likeness (QED) is 0.347. The first-order chi connectivity index (χ1) is 17.1. The Bertz CT molecular complexity index is 1210. The molecule has 4 aromatic rings. The van der Waals surface area contributed by atoms with Crippen LogP contribution in [0.2, 0.25) is 0 Å². The molecule has 0 amide bonds. The summed E-state index contributed by atoms with van der Waals surface area (Å²) >= 11 is 3.52. The number of rotatable bonds is 6. The molecular formula is C28H30BrN5O. The molecule has 2 N–H and O–H groups in total. The van der Waals surface area contributed by atoms with Gasteiger partial charge in [-0.05, 0) is 36.6 Å². The average molecular weight is 532 g/mol. The van der Waals surface area contributed by atoms with Gasteiger partial charge in [0.25, 0.3) is 0 Å². The van der Waals surface area contributed by atoms with E-state index in [2.05, 4.69) is 67.0 Å². The van der Waals surface area contributed by atoms with Crippen molar-refractivity contribution in [3.05, 3.63) is 95.4 Å². The van der Waals surface area contributed by atoms with Crippen LogP contribution in [0.15, 0.2) is 89.8 Å². The third-order valence-corrected chi connectivity index (χ3v) is 7.03. The minimum Gasteiger partial charge on any atom is -0.470 e. The lowest BCUT2D eigenvalue weighted by Gasteiger charge is -2.27. The van der Waals surface area contributed by atoms with Crippen molar-refractivity contribution in [2.24, 2.45) is 7.05 Å². The van der Waals surface area contributed by atoms with Crippen LogP contribution in [0.25, 0.3) is 11.1 Å². The van der Waals surface area contributed by atoms with E-state index in [1.165, 1.54) is 18.4 Å². The summed E-state index contributed by atoms with van der Waals surface area (Å²) in [6.45, 7) is 2.55. The number of aryl methyl sites for hydroxylation is 1. The Hall–Kier alpha value is -3.16. The molecule has 1 aliphatic carbocycles. The fraction of sp³-hybridized carbons (Fsp3) is 0.286. The normalized spacial score (nSPS) is 17.3. The van der Waals surface area contributed by atoms with E-state index in [9.17, 15) is 0 Å². The molecule has 0 radical (unpaired) electrons. The summed E-state index contributed by atoms with van der Waals surface area (Å²) in [7, 11) is 1.91. The highest BCUT2D eigenvalue weighted by Gasteiger charge is 2.43. The van der Waals surface area contributed by atoms with Crippen LogP contribution in [0.1, 0.15) is 18.4 Å². The lowest BCUT2D eigenvalue weighted by atomic mass is 9.96. The maximum atomic E-state index is 6.12. The van der Waals surface area contributed by atoms with Crippen LogP contribution in [0.3, 0.4) is 0 Å². The number of aromatic nitrogens is 3. The van der Waals surface area contributed by atoms with Gasteiger partial charge < -0.3 is 15.4 Å². The van der Waals surface area contributed by atoms with Crippen molar-refractivity contribution in [2.75, 3.05) is 25.0 Å². The molecule has 1 aliphatic heterocycles. The number of nitrogens with zero attached hydrogens (tertiary/aromatic N) is 3. The molecule has 7 heteroatoms. The molecule has 0 saturated heterocycles. The Kier molecular flexibility index (Phi) is 7.16. The van der Waals surface area contributed by atoms with Crippen LogP contribution >= 0.6 is 15.9 Å².